The van der Waals surface area contributed by atoms with Crippen molar-refractivity contribution < 1.29 is 23.8 Å². The maximum atomic E-state index is 13.5. The van der Waals surface area contributed by atoms with Crippen molar-refractivity contribution in [3.05, 3.63) is 75.0 Å². The number of nitrogens with one attached hydrogen (secondary N) is 1. The summed E-state index contributed by atoms with van der Waals surface area (Å²) in [6.45, 7) is 3.74. The van der Waals surface area contributed by atoms with E-state index in [1.54, 1.807) is 32.0 Å². The smallest absolute Gasteiger partial charge is 0.336 e. The second-order valence-corrected chi connectivity index (χ2v) is 7.91. The van der Waals surface area contributed by atoms with Crippen LogP contribution in [-0.4, -0.2) is 32.1 Å². The van der Waals surface area contributed by atoms with Gasteiger partial charge in [-0.25, -0.2) is 4.79 Å². The molecule has 1 N–H and O–H groups in total. The molecule has 1 aliphatic carbocycles. The first-order valence-electron chi connectivity index (χ1n) is 10.4. The molecule has 1 heterocycles. The van der Waals surface area contributed by atoms with Gasteiger partial charge in [-0.2, -0.15) is 0 Å². The number of halogens is 1. The summed E-state index contributed by atoms with van der Waals surface area (Å²) in [5, 5.41) is 3.52. The van der Waals surface area contributed by atoms with Crippen LogP contribution in [0.15, 0.2) is 53.2 Å². The van der Waals surface area contributed by atoms with Gasteiger partial charge >= 0.3 is 5.97 Å². The van der Waals surface area contributed by atoms with Crippen molar-refractivity contribution in [3.8, 4) is 23.8 Å². The second kappa shape index (κ2) is 9.05. The largest absolute Gasteiger partial charge is 0.493 e. The maximum absolute atomic E-state index is 13.5. The van der Waals surface area contributed by atoms with E-state index >= 15 is 0 Å². The van der Waals surface area contributed by atoms with Crippen LogP contribution >= 0.6 is 11.6 Å². The molecule has 7 heteroatoms. The lowest BCUT2D eigenvalue weighted by Crippen LogP contribution is -2.29. The van der Waals surface area contributed by atoms with E-state index in [0.29, 0.717) is 45.2 Å². The highest BCUT2D eigenvalue weighted by Gasteiger charge is 2.43. The topological polar surface area (TPSA) is 73.9 Å². The molecule has 1 aliphatic heterocycles. The number of dihydropyridines is 1. The van der Waals surface area contributed by atoms with Crippen LogP contribution in [0, 0.1) is 12.3 Å². The molecule has 0 saturated heterocycles. The number of ether oxygens (including phenoxy) is 3. The number of fused-ring (bicyclic) bond motifs is 2. The summed E-state index contributed by atoms with van der Waals surface area (Å²) in [5.74, 6) is 1.65. The number of carbonyl (C=O) groups is 2. The number of rotatable bonds is 6. The molecule has 4 rings (SSSR count). The minimum Gasteiger partial charge on any atom is -0.493 e. The number of esters is 1. The van der Waals surface area contributed by atoms with E-state index in [4.69, 9.17) is 32.2 Å². The average molecular weight is 464 g/mol. The van der Waals surface area contributed by atoms with E-state index in [9.17, 15) is 9.59 Å². The Morgan fingerprint density at radius 2 is 1.97 bits per heavy atom. The van der Waals surface area contributed by atoms with Crippen LogP contribution in [0.3, 0.4) is 0 Å². The number of methoxy groups -OCH3 is 1. The van der Waals surface area contributed by atoms with E-state index < -0.39 is 11.9 Å². The normalized spacial score (nSPS) is 16.6. The lowest BCUT2D eigenvalue weighted by Gasteiger charge is -2.29. The summed E-state index contributed by atoms with van der Waals surface area (Å²) in [7, 11) is 1.48. The Labute approximate surface area is 197 Å². The summed E-state index contributed by atoms with van der Waals surface area (Å²) in [6.07, 6.45) is 5.31. The molecule has 33 heavy (non-hydrogen) atoms. The van der Waals surface area contributed by atoms with E-state index in [0.717, 1.165) is 5.56 Å². The van der Waals surface area contributed by atoms with Crippen LogP contribution in [-0.2, 0) is 9.53 Å². The van der Waals surface area contributed by atoms with Gasteiger partial charge in [-0.1, -0.05) is 41.8 Å². The van der Waals surface area contributed by atoms with Crippen molar-refractivity contribution in [2.24, 2.45) is 0 Å². The van der Waals surface area contributed by atoms with Gasteiger partial charge in [0.25, 0.3) is 0 Å². The number of hydrogen-bond donors (Lipinski definition) is 1. The van der Waals surface area contributed by atoms with Crippen molar-refractivity contribution in [2.45, 2.75) is 19.8 Å². The molecule has 0 spiro atoms. The third-order valence-electron chi connectivity index (χ3n) is 5.63. The Bertz CT molecular complexity index is 1270. The molecule has 2 aliphatic rings. The van der Waals surface area contributed by atoms with Crippen molar-refractivity contribution in [1.29, 1.82) is 0 Å². The SMILES string of the molecule is C#CCOc1c(Cl)cc(C2C(C(=O)OCC)=C(C)NC3=C2C(=O)c2ccccc23)cc1OC. The summed E-state index contributed by atoms with van der Waals surface area (Å²) < 4.78 is 16.4. The quantitative estimate of drug-likeness (QED) is 0.502. The van der Waals surface area contributed by atoms with Gasteiger partial charge < -0.3 is 19.5 Å². The first-order valence-corrected chi connectivity index (χ1v) is 10.8. The number of Topliss-reactive ketones (excluding diaryl/α,β-unsaturated/α-hetero) is 1. The molecule has 0 saturated carbocycles. The van der Waals surface area contributed by atoms with Gasteiger partial charge in [-0.05, 0) is 31.5 Å². The van der Waals surface area contributed by atoms with Crippen LogP contribution in [0.25, 0.3) is 5.70 Å². The molecule has 6 nitrogen and oxygen atoms in total. The first-order chi connectivity index (χ1) is 15.9. The van der Waals surface area contributed by atoms with Crippen molar-refractivity contribution in [3.63, 3.8) is 0 Å². The van der Waals surface area contributed by atoms with Crippen molar-refractivity contribution >= 4 is 29.1 Å². The lowest BCUT2D eigenvalue weighted by atomic mass is 9.79. The number of ketones is 1. The number of benzene rings is 2. The fraction of sp³-hybridized carbons (Fsp3) is 0.231. The van der Waals surface area contributed by atoms with Crippen LogP contribution in [0.2, 0.25) is 5.02 Å². The van der Waals surface area contributed by atoms with Crippen LogP contribution < -0.4 is 14.8 Å². The average Bonchev–Trinajstić information content (AvgIpc) is 3.08. The molecule has 168 valence electrons. The van der Waals surface area contributed by atoms with Gasteiger partial charge in [0.05, 0.1) is 30.0 Å². The fourth-order valence-electron chi connectivity index (χ4n) is 4.30. The molecule has 1 unspecified atom stereocenters. The van der Waals surface area contributed by atoms with Gasteiger partial charge in [0.15, 0.2) is 17.3 Å². The minimum atomic E-state index is -0.715. The first kappa shape index (κ1) is 22.5. The highest BCUT2D eigenvalue weighted by Crippen LogP contribution is 2.49. The lowest BCUT2D eigenvalue weighted by molar-refractivity contribution is -0.138. The third-order valence-corrected chi connectivity index (χ3v) is 5.91. The van der Waals surface area contributed by atoms with Crippen LogP contribution in [0.4, 0.5) is 0 Å². The number of carbonyl (C=O) groups excluding carboxylic acids is 2. The summed E-state index contributed by atoms with van der Waals surface area (Å²) >= 11 is 6.54. The summed E-state index contributed by atoms with van der Waals surface area (Å²) in [4.78, 5) is 26.6. The number of terminal acetylenes is 1. The molecule has 0 aromatic heterocycles. The minimum absolute atomic E-state index is 0.0129. The summed E-state index contributed by atoms with van der Waals surface area (Å²) in [5.41, 5.74) is 4.04. The third kappa shape index (κ3) is 3.75. The van der Waals surface area contributed by atoms with E-state index in [2.05, 4.69) is 11.2 Å². The molecule has 2 aromatic rings. The van der Waals surface area contributed by atoms with Gasteiger partial charge in [-0.15, -0.1) is 6.42 Å². The van der Waals surface area contributed by atoms with Gasteiger partial charge in [0.2, 0.25) is 0 Å². The number of hydrogen-bond acceptors (Lipinski definition) is 6. The predicted octanol–water partition coefficient (Wildman–Crippen LogP) is 4.49. The Morgan fingerprint density at radius 3 is 2.64 bits per heavy atom. The molecule has 0 bridgehead atoms. The van der Waals surface area contributed by atoms with Crippen molar-refractivity contribution in [2.75, 3.05) is 20.3 Å². The Morgan fingerprint density at radius 1 is 1.24 bits per heavy atom. The van der Waals surface area contributed by atoms with Crippen molar-refractivity contribution in [1.82, 2.24) is 5.32 Å². The second-order valence-electron chi connectivity index (χ2n) is 7.51. The molecule has 0 radical (unpaired) electrons. The molecule has 0 amide bonds. The Kier molecular flexibility index (Phi) is 6.17. The van der Waals surface area contributed by atoms with Crippen LogP contribution in [0.5, 0.6) is 11.5 Å². The van der Waals surface area contributed by atoms with Gasteiger partial charge in [0.1, 0.15) is 6.61 Å². The standard InChI is InChI=1S/C26H22ClNO5/c1-5-11-33-25-18(27)12-15(13-19(25)31-4)21-20(26(30)32-6-2)14(3)28-23-16-9-7-8-10-17(16)24(29)22(21)23/h1,7-10,12-13,21,28H,6,11H2,2-4H3. The zero-order chi connectivity index (χ0) is 23.7. The monoisotopic (exact) mass is 463 g/mol. The summed E-state index contributed by atoms with van der Waals surface area (Å²) in [6, 6.07) is 10.7. The zero-order valence-electron chi connectivity index (χ0n) is 18.5. The molecule has 2 aromatic carbocycles. The Balaban J connectivity index is 1.93. The van der Waals surface area contributed by atoms with Crippen LogP contribution in [0.1, 0.15) is 41.3 Å². The van der Waals surface area contributed by atoms with E-state index in [1.807, 2.05) is 18.2 Å². The van der Waals surface area contributed by atoms with E-state index in [1.165, 1.54) is 7.11 Å². The maximum Gasteiger partial charge on any atom is 0.336 e. The molecule has 0 fully saturated rings. The number of allylic oxidation sites excluding steroid dienone is 2. The fourth-order valence-corrected chi connectivity index (χ4v) is 4.58. The molecular formula is C26H22ClNO5. The highest BCUT2D eigenvalue weighted by atomic mass is 35.5. The van der Waals surface area contributed by atoms with E-state index in [-0.39, 0.29) is 24.0 Å². The van der Waals surface area contributed by atoms with Gasteiger partial charge in [0, 0.05) is 28.3 Å². The van der Waals surface area contributed by atoms with Gasteiger partial charge in [-0.3, -0.25) is 4.79 Å². The zero-order valence-corrected chi connectivity index (χ0v) is 19.2. The Hall–Kier alpha value is -3.69. The highest BCUT2D eigenvalue weighted by molar-refractivity contribution is 6.32. The molecule has 1 atom stereocenters. The molecular weight excluding hydrogens is 442 g/mol. The predicted molar refractivity (Wildman–Crippen MR) is 125 cm³/mol.